The van der Waals surface area contributed by atoms with E-state index in [1.54, 1.807) is 7.11 Å². The zero-order valence-electron chi connectivity index (χ0n) is 10.9. The summed E-state index contributed by atoms with van der Waals surface area (Å²) in [4.78, 5) is 2.42. The number of methoxy groups -OCH3 is 1. The van der Waals surface area contributed by atoms with Crippen molar-refractivity contribution in [2.24, 2.45) is 0 Å². The van der Waals surface area contributed by atoms with E-state index in [1.165, 1.54) is 11.1 Å². The van der Waals surface area contributed by atoms with Gasteiger partial charge in [0.05, 0.1) is 7.11 Å². The third kappa shape index (κ3) is 3.59. The predicted molar refractivity (Wildman–Crippen MR) is 72.7 cm³/mol. The minimum Gasteiger partial charge on any atom is -0.497 e. The molecular weight excluding hydrogens is 226 g/mol. The summed E-state index contributed by atoms with van der Waals surface area (Å²) in [6, 6.07) is 8.24. The maximum atomic E-state index is 8.98. The highest BCUT2D eigenvalue weighted by molar-refractivity contribution is 5.27. The molecule has 0 saturated heterocycles. The van der Waals surface area contributed by atoms with Crippen LogP contribution < -0.4 is 4.74 Å². The number of benzene rings is 1. The Morgan fingerprint density at radius 3 is 2.72 bits per heavy atom. The molecule has 0 amide bonds. The minimum absolute atomic E-state index is 0.252. The molecular formula is C15H21NO2. The van der Waals surface area contributed by atoms with Gasteiger partial charge >= 0.3 is 0 Å². The Hall–Kier alpha value is -1.32. The van der Waals surface area contributed by atoms with E-state index in [0.717, 1.165) is 38.2 Å². The van der Waals surface area contributed by atoms with Crippen LogP contribution in [-0.4, -0.2) is 36.8 Å². The van der Waals surface area contributed by atoms with Gasteiger partial charge in [-0.05, 0) is 30.5 Å². The van der Waals surface area contributed by atoms with Gasteiger partial charge in [-0.15, -0.1) is 0 Å². The molecule has 1 aromatic rings. The van der Waals surface area contributed by atoms with E-state index in [1.807, 2.05) is 12.1 Å². The summed E-state index contributed by atoms with van der Waals surface area (Å²) < 4.78 is 5.16. The Bertz CT molecular complexity index is 397. The lowest BCUT2D eigenvalue weighted by molar-refractivity contribution is 0.260. The van der Waals surface area contributed by atoms with Gasteiger partial charge in [0.25, 0.3) is 0 Å². The van der Waals surface area contributed by atoms with E-state index in [4.69, 9.17) is 9.84 Å². The lowest BCUT2D eigenvalue weighted by atomic mass is 10.1. The van der Waals surface area contributed by atoms with Gasteiger partial charge in [0, 0.05) is 26.2 Å². The fraction of sp³-hybridized carbons (Fsp3) is 0.467. The summed E-state index contributed by atoms with van der Waals surface area (Å²) in [7, 11) is 1.69. The molecule has 2 rings (SSSR count). The van der Waals surface area contributed by atoms with E-state index in [-0.39, 0.29) is 6.61 Å². The van der Waals surface area contributed by atoms with Crippen LogP contribution in [-0.2, 0) is 6.54 Å². The standard InChI is InChI=1S/C15H21NO2/c1-18-15-6-4-14(5-7-15)12-16-9-2-3-13(11-16)8-10-17/h3-7,17H,2,8-12H2,1H3. The van der Waals surface area contributed by atoms with Gasteiger partial charge in [-0.1, -0.05) is 23.8 Å². The van der Waals surface area contributed by atoms with Gasteiger partial charge in [-0.2, -0.15) is 0 Å². The fourth-order valence-electron chi connectivity index (χ4n) is 2.33. The van der Waals surface area contributed by atoms with Crippen LogP contribution in [0.2, 0.25) is 0 Å². The zero-order chi connectivity index (χ0) is 12.8. The van der Waals surface area contributed by atoms with Gasteiger partial charge in [0.15, 0.2) is 0 Å². The molecule has 0 aliphatic carbocycles. The van der Waals surface area contributed by atoms with E-state index < -0.39 is 0 Å². The summed E-state index contributed by atoms with van der Waals surface area (Å²) in [5.74, 6) is 0.901. The topological polar surface area (TPSA) is 32.7 Å². The second-order valence-electron chi connectivity index (χ2n) is 4.68. The van der Waals surface area contributed by atoms with E-state index in [9.17, 15) is 0 Å². The van der Waals surface area contributed by atoms with Gasteiger partial charge in [-0.3, -0.25) is 4.90 Å². The van der Waals surface area contributed by atoms with Crippen molar-refractivity contribution in [1.29, 1.82) is 0 Å². The van der Waals surface area contributed by atoms with E-state index >= 15 is 0 Å². The average molecular weight is 247 g/mol. The number of rotatable bonds is 5. The normalized spacial score (nSPS) is 16.4. The van der Waals surface area contributed by atoms with E-state index in [0.29, 0.717) is 0 Å². The molecule has 0 unspecified atom stereocenters. The Morgan fingerprint density at radius 2 is 2.06 bits per heavy atom. The summed E-state index contributed by atoms with van der Waals surface area (Å²) in [6.07, 6.45) is 4.16. The first-order valence-corrected chi connectivity index (χ1v) is 6.46. The highest BCUT2D eigenvalue weighted by Crippen LogP contribution is 2.17. The molecule has 0 spiro atoms. The first-order chi connectivity index (χ1) is 8.81. The largest absolute Gasteiger partial charge is 0.497 e. The molecule has 1 heterocycles. The molecule has 0 atom stereocenters. The second kappa shape index (κ2) is 6.57. The van der Waals surface area contributed by atoms with Gasteiger partial charge in [-0.25, -0.2) is 0 Å². The third-order valence-electron chi connectivity index (χ3n) is 3.30. The van der Waals surface area contributed by atoms with Crippen molar-refractivity contribution in [3.05, 3.63) is 41.5 Å². The van der Waals surface area contributed by atoms with Crippen LogP contribution in [0.1, 0.15) is 18.4 Å². The van der Waals surface area contributed by atoms with Crippen molar-refractivity contribution < 1.29 is 9.84 Å². The minimum atomic E-state index is 0.252. The summed E-state index contributed by atoms with van der Waals surface area (Å²) in [5.41, 5.74) is 2.67. The van der Waals surface area contributed by atoms with Crippen LogP contribution in [0.3, 0.4) is 0 Å². The maximum Gasteiger partial charge on any atom is 0.118 e. The van der Waals surface area contributed by atoms with Crippen molar-refractivity contribution in [2.75, 3.05) is 26.8 Å². The number of hydrogen-bond donors (Lipinski definition) is 1. The molecule has 1 aromatic carbocycles. The van der Waals surface area contributed by atoms with E-state index in [2.05, 4.69) is 23.1 Å². The molecule has 0 aromatic heterocycles. The van der Waals surface area contributed by atoms with Crippen molar-refractivity contribution in [2.45, 2.75) is 19.4 Å². The van der Waals surface area contributed by atoms with Gasteiger partial charge in [0.2, 0.25) is 0 Å². The SMILES string of the molecule is COc1ccc(CN2CCC=C(CCO)C2)cc1. The Kier molecular flexibility index (Phi) is 4.79. The molecule has 1 N–H and O–H groups in total. The molecule has 0 bridgehead atoms. The first kappa shape index (κ1) is 13.1. The summed E-state index contributed by atoms with van der Waals surface area (Å²) >= 11 is 0. The van der Waals surface area contributed by atoms with Crippen LogP contribution in [0.25, 0.3) is 0 Å². The molecule has 0 fully saturated rings. The molecule has 1 aliphatic heterocycles. The van der Waals surface area contributed by atoms with Crippen LogP contribution in [0.4, 0.5) is 0 Å². The molecule has 0 radical (unpaired) electrons. The highest BCUT2D eigenvalue weighted by atomic mass is 16.5. The number of hydrogen-bond acceptors (Lipinski definition) is 3. The van der Waals surface area contributed by atoms with Crippen LogP contribution in [0.5, 0.6) is 5.75 Å². The van der Waals surface area contributed by atoms with Crippen LogP contribution in [0, 0.1) is 0 Å². The van der Waals surface area contributed by atoms with Crippen LogP contribution in [0.15, 0.2) is 35.9 Å². The predicted octanol–water partition coefficient (Wildman–Crippen LogP) is 2.21. The number of aliphatic hydroxyl groups excluding tert-OH is 1. The average Bonchev–Trinajstić information content (AvgIpc) is 2.40. The highest BCUT2D eigenvalue weighted by Gasteiger charge is 2.12. The zero-order valence-corrected chi connectivity index (χ0v) is 10.9. The lowest BCUT2D eigenvalue weighted by Gasteiger charge is -2.27. The van der Waals surface area contributed by atoms with Gasteiger partial charge in [0.1, 0.15) is 5.75 Å². The maximum absolute atomic E-state index is 8.98. The molecule has 3 nitrogen and oxygen atoms in total. The monoisotopic (exact) mass is 247 g/mol. The Morgan fingerprint density at radius 1 is 1.28 bits per heavy atom. The number of ether oxygens (including phenoxy) is 1. The first-order valence-electron chi connectivity index (χ1n) is 6.46. The quantitative estimate of drug-likeness (QED) is 0.810. The fourth-order valence-corrected chi connectivity index (χ4v) is 2.33. The van der Waals surface area contributed by atoms with Crippen molar-refractivity contribution in [3.63, 3.8) is 0 Å². The smallest absolute Gasteiger partial charge is 0.118 e. The molecule has 98 valence electrons. The Balaban J connectivity index is 1.91. The van der Waals surface area contributed by atoms with Crippen molar-refractivity contribution >= 4 is 0 Å². The summed E-state index contributed by atoms with van der Waals surface area (Å²) in [5, 5.41) is 8.98. The molecule has 3 heteroatoms. The molecule has 0 saturated carbocycles. The van der Waals surface area contributed by atoms with Gasteiger partial charge < -0.3 is 9.84 Å². The number of nitrogens with zero attached hydrogens (tertiary/aromatic N) is 1. The van der Waals surface area contributed by atoms with Crippen LogP contribution >= 0.6 is 0 Å². The second-order valence-corrected chi connectivity index (χ2v) is 4.68. The van der Waals surface area contributed by atoms with Crippen molar-refractivity contribution in [1.82, 2.24) is 4.90 Å². The summed E-state index contributed by atoms with van der Waals surface area (Å²) in [6.45, 7) is 3.29. The third-order valence-corrected chi connectivity index (χ3v) is 3.30. The molecule has 1 aliphatic rings. The Labute approximate surface area is 109 Å². The lowest BCUT2D eigenvalue weighted by Crippen LogP contribution is -2.29. The molecule has 18 heavy (non-hydrogen) atoms. The number of aliphatic hydroxyl groups is 1. The van der Waals surface area contributed by atoms with Crippen molar-refractivity contribution in [3.8, 4) is 5.75 Å².